The van der Waals surface area contributed by atoms with Gasteiger partial charge in [0.2, 0.25) is 0 Å². The van der Waals surface area contributed by atoms with Crippen molar-refractivity contribution in [3.63, 3.8) is 0 Å². The lowest BCUT2D eigenvalue weighted by Gasteiger charge is -2.33. The molecule has 0 bridgehead atoms. The van der Waals surface area contributed by atoms with Crippen LogP contribution in [0.3, 0.4) is 0 Å². The summed E-state index contributed by atoms with van der Waals surface area (Å²) in [7, 11) is 0. The van der Waals surface area contributed by atoms with E-state index in [-0.39, 0.29) is 0 Å². The van der Waals surface area contributed by atoms with E-state index in [1.807, 2.05) is 72.8 Å². The third-order valence-corrected chi connectivity index (χ3v) is 11.6. The molecule has 0 saturated carbocycles. The fraction of sp³-hybridized carbons (Fsp3) is 0.108. The first-order valence-corrected chi connectivity index (χ1v) is 16.8. The second-order valence-corrected chi connectivity index (χ2v) is 13.9. The number of thioether (sulfide) groups is 1. The zero-order chi connectivity index (χ0) is 29.4. The number of rotatable bonds is 4. The van der Waals surface area contributed by atoms with E-state index in [1.54, 1.807) is 23.5 Å². The van der Waals surface area contributed by atoms with Crippen molar-refractivity contribution in [3.05, 3.63) is 153 Å². The number of allylic oxidation sites excluding steroid dienone is 1. The number of halogens is 2. The smallest absolute Gasteiger partial charge is 0.389 e. The van der Waals surface area contributed by atoms with E-state index in [4.69, 9.17) is 0 Å². The number of hydrogen-bond acceptors (Lipinski definition) is 2. The van der Waals surface area contributed by atoms with Gasteiger partial charge in [-0.3, -0.25) is 0 Å². The van der Waals surface area contributed by atoms with Crippen molar-refractivity contribution in [3.8, 4) is 11.3 Å². The lowest BCUT2D eigenvalue weighted by Crippen LogP contribution is -2.51. The largest absolute Gasteiger partial charge is 0.737 e. The van der Waals surface area contributed by atoms with Crippen LogP contribution in [-0.4, -0.2) is 21.6 Å². The molecule has 0 radical (unpaired) electrons. The number of benzene rings is 4. The van der Waals surface area contributed by atoms with Crippen molar-refractivity contribution >= 4 is 42.3 Å². The lowest BCUT2D eigenvalue weighted by atomic mass is 9.83. The van der Waals surface area contributed by atoms with Gasteiger partial charge in [0, 0.05) is 43.3 Å². The minimum Gasteiger partial charge on any atom is -0.389 e. The summed E-state index contributed by atoms with van der Waals surface area (Å²) in [5.74, 6) is 0. The quantitative estimate of drug-likeness (QED) is 0.187. The van der Waals surface area contributed by atoms with Crippen LogP contribution < -0.4 is 0 Å². The second kappa shape index (κ2) is 9.98. The zero-order valence-corrected chi connectivity index (χ0v) is 25.5. The maximum absolute atomic E-state index is 17.8. The summed E-state index contributed by atoms with van der Waals surface area (Å²) in [5, 5.41) is 0. The molecule has 0 saturated heterocycles. The first-order valence-electron chi connectivity index (χ1n) is 15.1. The van der Waals surface area contributed by atoms with E-state index in [9.17, 15) is 0 Å². The van der Waals surface area contributed by atoms with Crippen LogP contribution in [0.4, 0.5) is 8.63 Å². The summed E-state index contributed by atoms with van der Waals surface area (Å²) in [4.78, 5) is 4.01. The molecular formula is C37H27BF2N2S2. The molecule has 2 aliphatic carbocycles. The fourth-order valence-corrected chi connectivity index (χ4v) is 9.61. The normalized spacial score (nSPS) is 17.3. The molecule has 0 N–H and O–H groups in total. The molecule has 1 aromatic heterocycles. The van der Waals surface area contributed by atoms with Gasteiger partial charge in [-0.05, 0) is 78.3 Å². The van der Waals surface area contributed by atoms with Gasteiger partial charge in [-0.15, -0.1) is 0 Å². The molecule has 0 spiro atoms. The van der Waals surface area contributed by atoms with Gasteiger partial charge < -0.3 is 17.6 Å². The molecule has 4 aliphatic rings. The predicted octanol–water partition coefficient (Wildman–Crippen LogP) is 9.49. The van der Waals surface area contributed by atoms with Gasteiger partial charge >= 0.3 is 6.97 Å². The van der Waals surface area contributed by atoms with Gasteiger partial charge in [-0.1, -0.05) is 102 Å². The monoisotopic (exact) mass is 612 g/mol. The minimum atomic E-state index is -4.23. The predicted molar refractivity (Wildman–Crippen MR) is 178 cm³/mol. The van der Waals surface area contributed by atoms with Gasteiger partial charge in [-0.2, -0.15) is 0 Å². The van der Waals surface area contributed by atoms with E-state index in [0.717, 1.165) is 78.7 Å². The summed E-state index contributed by atoms with van der Waals surface area (Å²) in [6, 6.07) is 36.5. The molecule has 4 aromatic carbocycles. The third kappa shape index (κ3) is 3.85. The van der Waals surface area contributed by atoms with E-state index in [0.29, 0.717) is 22.8 Å². The minimum absolute atomic E-state index is 0.621. The standard InChI is InChI=1S/C37H27BF2N2S2/c39-38(40)41-32(36(43-26-13-3-1-4-14-26)30-21-19-24-11-7-9-17-28(24)34(30)41)23-33-37(44-27-15-5-2-6-16-27)31-22-20-25-12-8-10-18-29(25)35(31)42(33)38/h1-18,23H,19-22H2. The molecule has 0 unspecified atom stereocenters. The van der Waals surface area contributed by atoms with Crippen LogP contribution >= 0.6 is 23.5 Å². The Kier molecular flexibility index (Phi) is 5.97. The van der Waals surface area contributed by atoms with Crippen molar-refractivity contribution in [2.75, 3.05) is 0 Å². The highest BCUT2D eigenvalue weighted by molar-refractivity contribution is 8.03. The Hall–Kier alpha value is -4.07. The van der Waals surface area contributed by atoms with Crippen LogP contribution in [0.5, 0.6) is 0 Å². The van der Waals surface area contributed by atoms with Gasteiger partial charge in [0.05, 0.1) is 4.91 Å². The SMILES string of the molecule is F[B-]1(F)n2c(c(Sc3ccccc3)c3c2-c2ccccc2CC3)C=C2C(Sc3ccccc3)=C3CCc4ccccc4C3=[N+]21. The molecule has 3 heterocycles. The Bertz CT molecular complexity index is 2090. The van der Waals surface area contributed by atoms with Gasteiger partial charge in [0.25, 0.3) is 0 Å². The Morgan fingerprint density at radius 1 is 0.636 bits per heavy atom. The van der Waals surface area contributed by atoms with Crippen LogP contribution in [0, 0.1) is 0 Å². The lowest BCUT2D eigenvalue weighted by molar-refractivity contribution is -0.360. The summed E-state index contributed by atoms with van der Waals surface area (Å²) in [5.41, 5.74) is 8.77. The molecule has 9 rings (SSSR count). The number of fused-ring (bicyclic) bond motifs is 9. The molecular weight excluding hydrogens is 585 g/mol. The van der Waals surface area contributed by atoms with Gasteiger partial charge in [-0.25, -0.2) is 0 Å². The Morgan fingerprint density at radius 2 is 1.23 bits per heavy atom. The van der Waals surface area contributed by atoms with Crippen molar-refractivity contribution in [2.24, 2.45) is 0 Å². The summed E-state index contributed by atoms with van der Waals surface area (Å²) in [6.07, 6.45) is 5.24. The molecule has 44 heavy (non-hydrogen) atoms. The Labute approximate surface area is 263 Å². The number of aryl methyl sites for hydroxylation is 2. The topological polar surface area (TPSA) is 7.94 Å². The molecule has 0 atom stereocenters. The first-order chi connectivity index (χ1) is 21.6. The molecule has 7 heteroatoms. The first kappa shape index (κ1) is 26.3. The van der Waals surface area contributed by atoms with E-state index >= 15 is 8.63 Å². The average Bonchev–Trinajstić information content (AvgIpc) is 3.56. The number of nitrogens with zero attached hydrogens (tertiary/aromatic N) is 2. The maximum atomic E-state index is 17.8. The highest BCUT2D eigenvalue weighted by atomic mass is 32.2. The van der Waals surface area contributed by atoms with E-state index in [1.165, 1.54) is 8.96 Å². The average molecular weight is 613 g/mol. The van der Waals surface area contributed by atoms with Crippen LogP contribution in [0.1, 0.15) is 34.4 Å². The Balaban J connectivity index is 1.35. The highest BCUT2D eigenvalue weighted by Crippen LogP contribution is 2.53. The summed E-state index contributed by atoms with van der Waals surface area (Å²) < 4.78 is 38.4. The van der Waals surface area contributed by atoms with E-state index in [2.05, 4.69) is 42.5 Å². The van der Waals surface area contributed by atoms with Crippen molar-refractivity contribution in [1.29, 1.82) is 0 Å². The molecule has 0 amide bonds. The third-order valence-electron chi connectivity index (χ3n) is 9.24. The number of hydrogen-bond donors (Lipinski definition) is 0. The molecule has 0 fully saturated rings. The molecule has 5 aromatic rings. The van der Waals surface area contributed by atoms with Gasteiger partial charge in [0.15, 0.2) is 11.4 Å². The Morgan fingerprint density at radius 3 is 1.95 bits per heavy atom. The highest BCUT2D eigenvalue weighted by Gasteiger charge is 2.58. The summed E-state index contributed by atoms with van der Waals surface area (Å²) >= 11 is 3.23. The second-order valence-electron chi connectivity index (χ2n) is 11.7. The van der Waals surface area contributed by atoms with Crippen molar-refractivity contribution in [1.82, 2.24) is 4.48 Å². The maximum Gasteiger partial charge on any atom is 0.737 e. The molecule has 2 nitrogen and oxygen atoms in total. The van der Waals surface area contributed by atoms with Crippen LogP contribution in [0.15, 0.2) is 140 Å². The van der Waals surface area contributed by atoms with E-state index < -0.39 is 6.97 Å². The van der Waals surface area contributed by atoms with Crippen LogP contribution in [0.25, 0.3) is 17.3 Å². The van der Waals surface area contributed by atoms with Gasteiger partial charge in [0.1, 0.15) is 0 Å². The zero-order valence-electron chi connectivity index (χ0n) is 23.8. The fourth-order valence-electron chi connectivity index (χ4n) is 7.38. The van der Waals surface area contributed by atoms with Crippen LogP contribution in [-0.2, 0) is 19.3 Å². The number of aromatic nitrogens is 1. The van der Waals surface area contributed by atoms with Crippen molar-refractivity contribution in [2.45, 2.75) is 40.4 Å². The molecule has 214 valence electrons. The summed E-state index contributed by atoms with van der Waals surface area (Å²) in [6.45, 7) is -4.23. The van der Waals surface area contributed by atoms with Crippen LogP contribution in [0.2, 0.25) is 0 Å². The molecule has 2 aliphatic heterocycles. The van der Waals surface area contributed by atoms with Crippen molar-refractivity contribution < 1.29 is 13.1 Å².